The summed E-state index contributed by atoms with van der Waals surface area (Å²) >= 11 is 5.83. The Balaban J connectivity index is 2.37. The maximum Gasteiger partial charge on any atom is 0.147 e. The number of amidine groups is 1. The second kappa shape index (κ2) is 5.06. The van der Waals surface area contributed by atoms with Crippen molar-refractivity contribution in [1.82, 2.24) is 4.98 Å². The van der Waals surface area contributed by atoms with Crippen LogP contribution in [0.15, 0.2) is 36.7 Å². The summed E-state index contributed by atoms with van der Waals surface area (Å²) in [6.45, 7) is 1.93. The largest absolute Gasteiger partial charge is 0.455 e. The highest BCUT2D eigenvalue weighted by atomic mass is 35.5. The number of nitrogens with two attached hydrogens (primary N) is 1. The number of hydrogen-bond donors (Lipinski definition) is 2. The van der Waals surface area contributed by atoms with Crippen molar-refractivity contribution in [3.63, 3.8) is 0 Å². The maximum atomic E-state index is 7.54. The third kappa shape index (κ3) is 2.78. The molecule has 0 bridgehead atoms. The monoisotopic (exact) mass is 261 g/mol. The van der Waals surface area contributed by atoms with Gasteiger partial charge in [-0.15, -0.1) is 0 Å². The SMILES string of the molecule is Cc1ccc(Oc2cncc(Cl)c2)c(C(=N)N)c1. The summed E-state index contributed by atoms with van der Waals surface area (Å²) in [5, 5.41) is 8.03. The quantitative estimate of drug-likeness (QED) is 0.659. The molecule has 0 aliphatic rings. The summed E-state index contributed by atoms with van der Waals surface area (Å²) in [5.74, 6) is 0.981. The summed E-state index contributed by atoms with van der Waals surface area (Å²) in [6, 6.07) is 7.11. The molecule has 0 aliphatic heterocycles. The van der Waals surface area contributed by atoms with Crippen LogP contribution >= 0.6 is 11.6 Å². The molecule has 1 heterocycles. The standard InChI is InChI=1S/C13H12ClN3O/c1-8-2-3-12(11(4-8)13(15)16)18-10-5-9(14)6-17-7-10/h2-7H,1H3,(H3,15,16). The Hall–Kier alpha value is -2.07. The lowest BCUT2D eigenvalue weighted by Crippen LogP contribution is -2.12. The number of rotatable bonds is 3. The van der Waals surface area contributed by atoms with Gasteiger partial charge in [0.15, 0.2) is 0 Å². The molecule has 0 unspecified atom stereocenters. The highest BCUT2D eigenvalue weighted by Crippen LogP contribution is 2.26. The molecule has 92 valence electrons. The fraction of sp³-hybridized carbons (Fsp3) is 0.0769. The van der Waals surface area contributed by atoms with Gasteiger partial charge in [0.25, 0.3) is 0 Å². The molecule has 0 saturated carbocycles. The molecule has 2 aromatic rings. The zero-order valence-corrected chi connectivity index (χ0v) is 10.5. The van der Waals surface area contributed by atoms with Crippen LogP contribution in [-0.2, 0) is 0 Å². The number of aromatic nitrogens is 1. The lowest BCUT2D eigenvalue weighted by Gasteiger charge is -2.10. The first-order valence-electron chi connectivity index (χ1n) is 5.30. The molecule has 0 saturated heterocycles. The zero-order chi connectivity index (χ0) is 13.1. The van der Waals surface area contributed by atoms with E-state index in [1.54, 1.807) is 24.4 Å². The molecule has 0 fully saturated rings. The molecule has 0 spiro atoms. The number of nitrogens with one attached hydrogen (secondary N) is 1. The number of benzene rings is 1. The molecule has 0 amide bonds. The van der Waals surface area contributed by atoms with Crippen molar-refractivity contribution in [2.45, 2.75) is 6.92 Å². The molecule has 4 nitrogen and oxygen atoms in total. The highest BCUT2D eigenvalue weighted by molar-refractivity contribution is 6.30. The Morgan fingerprint density at radius 1 is 1.33 bits per heavy atom. The van der Waals surface area contributed by atoms with E-state index in [-0.39, 0.29) is 5.84 Å². The summed E-state index contributed by atoms with van der Waals surface area (Å²) in [5.41, 5.74) is 7.09. The first kappa shape index (κ1) is 12.4. The van der Waals surface area contributed by atoms with Crippen LogP contribution in [0.1, 0.15) is 11.1 Å². The number of pyridine rings is 1. The van der Waals surface area contributed by atoms with Gasteiger partial charge in [-0.05, 0) is 19.1 Å². The summed E-state index contributed by atoms with van der Waals surface area (Å²) in [6.07, 6.45) is 3.07. The molecule has 18 heavy (non-hydrogen) atoms. The second-order valence-electron chi connectivity index (χ2n) is 3.85. The molecule has 1 aromatic carbocycles. The van der Waals surface area contributed by atoms with E-state index in [0.717, 1.165) is 5.56 Å². The third-order valence-electron chi connectivity index (χ3n) is 2.33. The summed E-state index contributed by atoms with van der Waals surface area (Å²) < 4.78 is 5.64. The van der Waals surface area contributed by atoms with Crippen LogP contribution in [0.3, 0.4) is 0 Å². The van der Waals surface area contributed by atoms with Crippen LogP contribution in [0.5, 0.6) is 11.5 Å². The van der Waals surface area contributed by atoms with Gasteiger partial charge < -0.3 is 10.5 Å². The summed E-state index contributed by atoms with van der Waals surface area (Å²) in [4.78, 5) is 3.93. The Bertz CT molecular complexity index is 599. The smallest absolute Gasteiger partial charge is 0.147 e. The second-order valence-corrected chi connectivity index (χ2v) is 4.29. The van der Waals surface area contributed by atoms with Gasteiger partial charge in [-0.3, -0.25) is 10.4 Å². The minimum absolute atomic E-state index is 0.0383. The van der Waals surface area contributed by atoms with Crippen molar-refractivity contribution >= 4 is 17.4 Å². The van der Waals surface area contributed by atoms with Crippen molar-refractivity contribution in [2.24, 2.45) is 5.73 Å². The van der Waals surface area contributed by atoms with E-state index in [4.69, 9.17) is 27.5 Å². The molecule has 0 radical (unpaired) electrons. The third-order valence-corrected chi connectivity index (χ3v) is 2.54. The van der Waals surface area contributed by atoms with Crippen molar-refractivity contribution in [2.75, 3.05) is 0 Å². The average Bonchev–Trinajstić information content (AvgIpc) is 2.31. The van der Waals surface area contributed by atoms with Gasteiger partial charge in [0.05, 0.1) is 16.8 Å². The minimum Gasteiger partial charge on any atom is -0.455 e. The number of halogens is 1. The Morgan fingerprint density at radius 2 is 2.11 bits per heavy atom. The Morgan fingerprint density at radius 3 is 2.78 bits per heavy atom. The number of aryl methyl sites for hydroxylation is 1. The fourth-order valence-electron chi connectivity index (χ4n) is 1.52. The van der Waals surface area contributed by atoms with E-state index in [2.05, 4.69) is 4.98 Å². The molecule has 1 aromatic heterocycles. The normalized spacial score (nSPS) is 10.1. The average molecular weight is 262 g/mol. The Labute approximate surface area is 110 Å². The minimum atomic E-state index is -0.0383. The maximum absolute atomic E-state index is 7.54. The van der Waals surface area contributed by atoms with Gasteiger partial charge in [0.1, 0.15) is 17.3 Å². The van der Waals surface area contributed by atoms with Crippen LogP contribution < -0.4 is 10.5 Å². The van der Waals surface area contributed by atoms with Gasteiger partial charge >= 0.3 is 0 Å². The van der Waals surface area contributed by atoms with Crippen molar-refractivity contribution in [3.8, 4) is 11.5 Å². The fourth-order valence-corrected chi connectivity index (χ4v) is 1.68. The van der Waals surface area contributed by atoms with Crippen LogP contribution in [0.2, 0.25) is 5.02 Å². The van der Waals surface area contributed by atoms with Gasteiger partial charge in [-0.2, -0.15) is 0 Å². The van der Waals surface area contributed by atoms with E-state index in [1.807, 2.05) is 13.0 Å². The van der Waals surface area contributed by atoms with Crippen LogP contribution in [0.4, 0.5) is 0 Å². The predicted molar refractivity (Wildman–Crippen MR) is 71.5 cm³/mol. The number of hydrogen-bond acceptors (Lipinski definition) is 3. The van der Waals surface area contributed by atoms with Gasteiger partial charge in [-0.1, -0.05) is 23.2 Å². The van der Waals surface area contributed by atoms with E-state index in [9.17, 15) is 0 Å². The molecule has 2 rings (SSSR count). The Kier molecular flexibility index (Phi) is 3.48. The van der Waals surface area contributed by atoms with Gasteiger partial charge in [0, 0.05) is 12.3 Å². The van der Waals surface area contributed by atoms with Crippen molar-refractivity contribution in [1.29, 1.82) is 5.41 Å². The van der Waals surface area contributed by atoms with Gasteiger partial charge in [-0.25, -0.2) is 0 Å². The summed E-state index contributed by atoms with van der Waals surface area (Å²) in [7, 11) is 0. The molecular formula is C13H12ClN3O. The van der Waals surface area contributed by atoms with E-state index < -0.39 is 0 Å². The van der Waals surface area contributed by atoms with E-state index in [1.165, 1.54) is 6.20 Å². The van der Waals surface area contributed by atoms with Crippen LogP contribution in [0, 0.1) is 12.3 Å². The van der Waals surface area contributed by atoms with Crippen LogP contribution in [0.25, 0.3) is 0 Å². The molecule has 0 aliphatic carbocycles. The predicted octanol–water partition coefficient (Wildman–Crippen LogP) is 3.12. The van der Waals surface area contributed by atoms with Crippen molar-refractivity contribution < 1.29 is 4.74 Å². The molecule has 5 heteroatoms. The van der Waals surface area contributed by atoms with Crippen molar-refractivity contribution in [3.05, 3.63) is 52.8 Å². The van der Waals surface area contributed by atoms with Gasteiger partial charge in [0.2, 0.25) is 0 Å². The number of ether oxygens (including phenoxy) is 1. The molecule has 0 atom stereocenters. The lowest BCUT2D eigenvalue weighted by molar-refractivity contribution is 0.479. The molecular weight excluding hydrogens is 250 g/mol. The van der Waals surface area contributed by atoms with Crippen LogP contribution in [-0.4, -0.2) is 10.8 Å². The lowest BCUT2D eigenvalue weighted by atomic mass is 10.1. The first-order chi connectivity index (χ1) is 8.56. The first-order valence-corrected chi connectivity index (χ1v) is 5.67. The highest BCUT2D eigenvalue weighted by Gasteiger charge is 2.08. The molecule has 3 N–H and O–H groups in total. The van der Waals surface area contributed by atoms with E-state index in [0.29, 0.717) is 22.1 Å². The number of nitrogen functional groups attached to an aromatic ring is 1. The number of nitrogens with zero attached hydrogens (tertiary/aromatic N) is 1. The topological polar surface area (TPSA) is 72.0 Å². The zero-order valence-electron chi connectivity index (χ0n) is 9.77. The van der Waals surface area contributed by atoms with E-state index >= 15 is 0 Å².